The van der Waals surface area contributed by atoms with Gasteiger partial charge in [-0.05, 0) is 36.2 Å². The third-order valence-corrected chi connectivity index (χ3v) is 4.04. The van der Waals surface area contributed by atoms with Gasteiger partial charge in [0.2, 0.25) is 5.91 Å². The number of nitrogens with one attached hydrogen (secondary N) is 1. The Balaban J connectivity index is 2.08. The Morgan fingerprint density at radius 3 is 2.54 bits per heavy atom. The van der Waals surface area contributed by atoms with Crippen LogP contribution in [0.1, 0.15) is 31.9 Å². The Labute approximate surface area is 153 Å². The first-order valence-corrected chi connectivity index (χ1v) is 8.71. The zero-order valence-electron chi connectivity index (χ0n) is 15.1. The first-order valence-electron chi connectivity index (χ1n) is 8.71. The van der Waals surface area contributed by atoms with E-state index in [1.807, 2.05) is 49.4 Å². The van der Waals surface area contributed by atoms with Gasteiger partial charge < -0.3 is 19.9 Å². The predicted molar refractivity (Wildman–Crippen MR) is 99.0 cm³/mol. The van der Waals surface area contributed by atoms with E-state index >= 15 is 0 Å². The fourth-order valence-electron chi connectivity index (χ4n) is 2.64. The summed E-state index contributed by atoms with van der Waals surface area (Å²) in [6.07, 6.45) is -0.886. The molecule has 1 unspecified atom stereocenters. The minimum atomic E-state index is -0.978. The van der Waals surface area contributed by atoms with Crippen LogP contribution >= 0.6 is 0 Å². The van der Waals surface area contributed by atoms with Gasteiger partial charge in [0.1, 0.15) is 6.10 Å². The fraction of sp³-hybridized carbons (Fsp3) is 0.400. The Kier molecular flexibility index (Phi) is 7.56. The van der Waals surface area contributed by atoms with Gasteiger partial charge in [0, 0.05) is 6.61 Å². The van der Waals surface area contributed by atoms with E-state index in [0.717, 1.165) is 16.3 Å². The second-order valence-corrected chi connectivity index (χ2v) is 5.98. The standard InChI is InChI=1S/C20H25NO5/c1-3-25-10-11-26-14(2)20(24)21-18(13-19(22)23)17-9-8-15-6-4-5-7-16(15)12-17/h4-9,12,14,18H,3,10-11,13H2,1-2H3,(H,21,24)(H,22,23)/t14?,18-/m0/s1. The Bertz CT molecular complexity index is 746. The van der Waals surface area contributed by atoms with Crippen molar-refractivity contribution >= 4 is 22.6 Å². The van der Waals surface area contributed by atoms with Crippen molar-refractivity contribution in [2.45, 2.75) is 32.4 Å². The Morgan fingerprint density at radius 1 is 1.12 bits per heavy atom. The summed E-state index contributed by atoms with van der Waals surface area (Å²) >= 11 is 0. The number of benzene rings is 2. The van der Waals surface area contributed by atoms with Gasteiger partial charge in [-0.3, -0.25) is 9.59 Å². The quantitative estimate of drug-likeness (QED) is 0.637. The SMILES string of the molecule is CCOCCOC(C)C(=O)N[C@@H](CC(=O)O)c1ccc2ccccc2c1. The highest BCUT2D eigenvalue weighted by atomic mass is 16.5. The molecule has 2 aromatic rings. The van der Waals surface area contributed by atoms with Crippen LogP contribution in [0.25, 0.3) is 10.8 Å². The van der Waals surface area contributed by atoms with Crippen LogP contribution in [0.4, 0.5) is 0 Å². The van der Waals surface area contributed by atoms with Crippen molar-refractivity contribution in [3.8, 4) is 0 Å². The molecule has 6 heteroatoms. The molecule has 0 radical (unpaired) electrons. The lowest BCUT2D eigenvalue weighted by Crippen LogP contribution is -2.38. The molecule has 0 aliphatic carbocycles. The number of aliphatic carboxylic acids is 1. The molecule has 1 amide bonds. The molecule has 26 heavy (non-hydrogen) atoms. The van der Waals surface area contributed by atoms with Crippen molar-refractivity contribution in [3.63, 3.8) is 0 Å². The summed E-state index contributed by atoms with van der Waals surface area (Å²) in [6.45, 7) is 4.83. The number of amides is 1. The molecule has 0 heterocycles. The van der Waals surface area contributed by atoms with Crippen molar-refractivity contribution in [2.24, 2.45) is 0 Å². The summed E-state index contributed by atoms with van der Waals surface area (Å²) in [5, 5.41) is 14.1. The normalized spacial score (nSPS) is 13.3. The van der Waals surface area contributed by atoms with Crippen molar-refractivity contribution in [1.29, 1.82) is 0 Å². The molecule has 2 aromatic carbocycles. The monoisotopic (exact) mass is 359 g/mol. The van der Waals surface area contributed by atoms with Crippen LogP contribution in [0, 0.1) is 0 Å². The van der Waals surface area contributed by atoms with Crippen LogP contribution in [0.15, 0.2) is 42.5 Å². The van der Waals surface area contributed by atoms with Gasteiger partial charge in [-0.1, -0.05) is 36.4 Å². The molecule has 2 N–H and O–H groups in total. The predicted octanol–water partition coefficient (Wildman–Crippen LogP) is 2.91. The van der Waals surface area contributed by atoms with Crippen molar-refractivity contribution in [1.82, 2.24) is 5.32 Å². The van der Waals surface area contributed by atoms with Gasteiger partial charge in [0.05, 0.1) is 25.7 Å². The second kappa shape index (κ2) is 9.89. The number of hydrogen-bond acceptors (Lipinski definition) is 4. The maximum absolute atomic E-state index is 12.4. The molecule has 0 saturated carbocycles. The highest BCUT2D eigenvalue weighted by Crippen LogP contribution is 2.23. The summed E-state index contributed by atoms with van der Waals surface area (Å²) in [4.78, 5) is 23.6. The molecule has 0 aliphatic heterocycles. The van der Waals surface area contributed by atoms with Gasteiger partial charge in [-0.25, -0.2) is 0 Å². The number of rotatable bonds is 10. The number of hydrogen-bond donors (Lipinski definition) is 2. The van der Waals surface area contributed by atoms with Crippen LogP contribution < -0.4 is 5.32 Å². The minimum Gasteiger partial charge on any atom is -0.481 e. The molecule has 2 atom stereocenters. The number of fused-ring (bicyclic) bond motifs is 1. The third kappa shape index (κ3) is 5.82. The van der Waals surface area contributed by atoms with Crippen molar-refractivity contribution in [2.75, 3.05) is 19.8 Å². The molecule has 0 fully saturated rings. The molecular weight excluding hydrogens is 334 g/mol. The summed E-state index contributed by atoms with van der Waals surface area (Å²) in [7, 11) is 0. The topological polar surface area (TPSA) is 84.9 Å². The molecule has 0 saturated heterocycles. The van der Waals surface area contributed by atoms with Crippen LogP contribution in [-0.2, 0) is 19.1 Å². The highest BCUT2D eigenvalue weighted by molar-refractivity contribution is 5.84. The minimum absolute atomic E-state index is 0.199. The van der Waals surface area contributed by atoms with E-state index in [0.29, 0.717) is 19.8 Å². The number of carboxylic acid groups (broad SMARTS) is 1. The molecular formula is C20H25NO5. The highest BCUT2D eigenvalue weighted by Gasteiger charge is 2.22. The first-order chi connectivity index (χ1) is 12.5. The molecule has 6 nitrogen and oxygen atoms in total. The zero-order valence-corrected chi connectivity index (χ0v) is 15.1. The average molecular weight is 359 g/mol. The lowest BCUT2D eigenvalue weighted by Gasteiger charge is -2.21. The maximum atomic E-state index is 12.4. The van der Waals surface area contributed by atoms with Crippen molar-refractivity contribution in [3.05, 3.63) is 48.0 Å². The molecule has 0 spiro atoms. The molecule has 0 bridgehead atoms. The maximum Gasteiger partial charge on any atom is 0.305 e. The number of carboxylic acids is 1. The van der Waals surface area contributed by atoms with Gasteiger partial charge in [-0.2, -0.15) is 0 Å². The molecule has 0 aliphatic rings. The van der Waals surface area contributed by atoms with E-state index in [2.05, 4.69) is 5.32 Å². The van der Waals surface area contributed by atoms with Crippen LogP contribution in [0.3, 0.4) is 0 Å². The first kappa shape index (κ1) is 19.9. The van der Waals surface area contributed by atoms with E-state index in [1.165, 1.54) is 0 Å². The van der Waals surface area contributed by atoms with Gasteiger partial charge in [0.25, 0.3) is 0 Å². The summed E-state index contributed by atoms with van der Waals surface area (Å²) in [5.41, 5.74) is 0.751. The largest absolute Gasteiger partial charge is 0.481 e. The second-order valence-electron chi connectivity index (χ2n) is 5.98. The third-order valence-electron chi connectivity index (χ3n) is 4.04. The van der Waals surface area contributed by atoms with E-state index in [4.69, 9.17) is 9.47 Å². The van der Waals surface area contributed by atoms with E-state index in [9.17, 15) is 14.7 Å². The van der Waals surface area contributed by atoms with E-state index in [1.54, 1.807) is 6.92 Å². The number of ether oxygens (including phenoxy) is 2. The Hall–Kier alpha value is -2.44. The summed E-state index contributed by atoms with van der Waals surface area (Å²) < 4.78 is 10.6. The summed E-state index contributed by atoms with van der Waals surface area (Å²) in [5.74, 6) is -1.32. The van der Waals surface area contributed by atoms with Gasteiger partial charge in [0.15, 0.2) is 0 Å². The van der Waals surface area contributed by atoms with E-state index in [-0.39, 0.29) is 12.3 Å². The molecule has 140 valence electrons. The summed E-state index contributed by atoms with van der Waals surface area (Å²) in [6, 6.07) is 12.9. The fourth-order valence-corrected chi connectivity index (χ4v) is 2.64. The van der Waals surface area contributed by atoms with Gasteiger partial charge >= 0.3 is 5.97 Å². The number of carbonyl (C=O) groups is 2. The van der Waals surface area contributed by atoms with Crippen LogP contribution in [0.5, 0.6) is 0 Å². The van der Waals surface area contributed by atoms with Crippen LogP contribution in [-0.4, -0.2) is 42.9 Å². The van der Waals surface area contributed by atoms with E-state index < -0.39 is 18.1 Å². The Morgan fingerprint density at radius 2 is 1.85 bits per heavy atom. The number of carbonyl (C=O) groups excluding carboxylic acids is 1. The lowest BCUT2D eigenvalue weighted by molar-refractivity contribution is -0.138. The average Bonchev–Trinajstić information content (AvgIpc) is 2.63. The lowest BCUT2D eigenvalue weighted by atomic mass is 9.99. The van der Waals surface area contributed by atoms with Crippen molar-refractivity contribution < 1.29 is 24.2 Å². The zero-order chi connectivity index (χ0) is 18.9. The van der Waals surface area contributed by atoms with Gasteiger partial charge in [-0.15, -0.1) is 0 Å². The smallest absolute Gasteiger partial charge is 0.305 e. The molecule has 2 rings (SSSR count). The van der Waals surface area contributed by atoms with Crippen LogP contribution in [0.2, 0.25) is 0 Å². The molecule has 0 aromatic heterocycles.